The standard InChI is InChI=1S/C25H20N6/c1-3-19-16(2)20(14-26)24-29-21-11-4-5-12-22(21)31(24)25(19)30-28-15-18-9-6-8-17-10-7-13-27-23(17)18/h4-13,15,30H,3H2,1-2H3. The molecule has 0 saturated carbocycles. The summed E-state index contributed by atoms with van der Waals surface area (Å²) in [6, 6.07) is 20.2. The van der Waals surface area contributed by atoms with Crippen molar-refractivity contribution >= 4 is 39.6 Å². The van der Waals surface area contributed by atoms with Crippen molar-refractivity contribution in [1.82, 2.24) is 14.4 Å². The molecule has 0 radical (unpaired) electrons. The summed E-state index contributed by atoms with van der Waals surface area (Å²) in [5.74, 6) is 0.826. The van der Waals surface area contributed by atoms with E-state index in [0.29, 0.717) is 11.2 Å². The lowest BCUT2D eigenvalue weighted by molar-refractivity contribution is 1.04. The molecule has 0 bridgehead atoms. The van der Waals surface area contributed by atoms with Crippen molar-refractivity contribution < 1.29 is 0 Å². The van der Waals surface area contributed by atoms with E-state index < -0.39 is 0 Å². The Hall–Kier alpha value is -4.24. The van der Waals surface area contributed by atoms with Gasteiger partial charge in [0, 0.05) is 17.1 Å². The molecule has 1 N–H and O–H groups in total. The van der Waals surface area contributed by atoms with E-state index in [2.05, 4.69) is 28.5 Å². The highest BCUT2D eigenvalue weighted by molar-refractivity contribution is 5.97. The summed E-state index contributed by atoms with van der Waals surface area (Å²) in [5, 5.41) is 15.4. The van der Waals surface area contributed by atoms with Crippen LogP contribution >= 0.6 is 0 Å². The van der Waals surface area contributed by atoms with Crippen LogP contribution in [0.5, 0.6) is 0 Å². The van der Waals surface area contributed by atoms with Crippen LogP contribution in [-0.4, -0.2) is 20.6 Å². The molecule has 0 atom stereocenters. The number of nitrogens with zero attached hydrogens (tertiary/aromatic N) is 5. The van der Waals surface area contributed by atoms with Gasteiger partial charge in [0.05, 0.1) is 28.3 Å². The van der Waals surface area contributed by atoms with Gasteiger partial charge in [-0.25, -0.2) is 4.98 Å². The molecule has 0 spiro atoms. The largest absolute Gasteiger partial charge is 0.276 e. The normalized spacial score (nSPS) is 11.5. The molecule has 3 heterocycles. The number of benzene rings is 2. The van der Waals surface area contributed by atoms with Crippen LogP contribution < -0.4 is 5.43 Å². The van der Waals surface area contributed by atoms with E-state index in [9.17, 15) is 5.26 Å². The number of fused-ring (bicyclic) bond motifs is 4. The first-order valence-electron chi connectivity index (χ1n) is 10.2. The Kier molecular flexibility index (Phi) is 4.57. The van der Waals surface area contributed by atoms with Crippen molar-refractivity contribution in [1.29, 1.82) is 5.26 Å². The fourth-order valence-corrected chi connectivity index (χ4v) is 4.13. The molecule has 0 aliphatic heterocycles. The summed E-state index contributed by atoms with van der Waals surface area (Å²) >= 11 is 0. The SMILES string of the molecule is CCc1c(C)c(C#N)c2nc3ccccc3n2c1NN=Cc1cccc2cccnc12. The number of hydrogen-bond donors (Lipinski definition) is 1. The van der Waals surface area contributed by atoms with Gasteiger partial charge in [0.1, 0.15) is 11.9 Å². The monoisotopic (exact) mass is 404 g/mol. The summed E-state index contributed by atoms with van der Waals surface area (Å²) < 4.78 is 2.00. The molecule has 2 aromatic carbocycles. The fraction of sp³-hybridized carbons (Fsp3) is 0.120. The molecule has 150 valence electrons. The van der Waals surface area contributed by atoms with Gasteiger partial charge in [-0.1, -0.05) is 43.3 Å². The summed E-state index contributed by atoms with van der Waals surface area (Å²) in [5.41, 5.74) is 10.1. The smallest absolute Gasteiger partial charge is 0.157 e. The minimum atomic E-state index is 0.598. The van der Waals surface area contributed by atoms with E-state index in [1.54, 1.807) is 12.4 Å². The van der Waals surface area contributed by atoms with Gasteiger partial charge < -0.3 is 0 Å². The molecule has 6 nitrogen and oxygen atoms in total. The molecule has 0 saturated heterocycles. The zero-order valence-electron chi connectivity index (χ0n) is 17.3. The van der Waals surface area contributed by atoms with Gasteiger partial charge in [0.15, 0.2) is 5.65 Å². The average Bonchev–Trinajstić information content (AvgIpc) is 3.18. The van der Waals surface area contributed by atoms with Crippen LogP contribution in [0.4, 0.5) is 5.82 Å². The second-order valence-corrected chi connectivity index (χ2v) is 7.34. The predicted molar refractivity (Wildman–Crippen MR) is 124 cm³/mol. The van der Waals surface area contributed by atoms with Crippen LogP contribution in [0.25, 0.3) is 27.6 Å². The Morgan fingerprint density at radius 2 is 1.97 bits per heavy atom. The second kappa shape index (κ2) is 7.54. The number of rotatable bonds is 4. The Labute approximate surface area is 179 Å². The Bertz CT molecular complexity index is 1520. The lowest BCUT2D eigenvalue weighted by Gasteiger charge is -2.15. The quantitative estimate of drug-likeness (QED) is 0.329. The summed E-state index contributed by atoms with van der Waals surface area (Å²) in [7, 11) is 0. The number of hydrogen-bond acceptors (Lipinski definition) is 5. The molecule has 5 aromatic rings. The molecular formula is C25H20N6. The zero-order chi connectivity index (χ0) is 21.4. The van der Waals surface area contributed by atoms with Crippen LogP contribution in [0.2, 0.25) is 0 Å². The molecule has 3 aromatic heterocycles. The van der Waals surface area contributed by atoms with Crippen LogP contribution in [0.15, 0.2) is 65.9 Å². The number of hydrazone groups is 1. The third kappa shape index (κ3) is 2.99. The van der Waals surface area contributed by atoms with E-state index in [-0.39, 0.29) is 0 Å². The van der Waals surface area contributed by atoms with Crippen molar-refractivity contribution in [3.63, 3.8) is 0 Å². The van der Waals surface area contributed by atoms with Crippen LogP contribution in [0.1, 0.15) is 29.2 Å². The molecule has 0 aliphatic carbocycles. The zero-order valence-corrected chi connectivity index (χ0v) is 17.3. The van der Waals surface area contributed by atoms with E-state index in [1.165, 1.54) is 0 Å². The van der Waals surface area contributed by atoms with Crippen molar-refractivity contribution in [3.8, 4) is 6.07 Å². The number of pyridine rings is 2. The number of anilines is 1. The molecular weight excluding hydrogens is 384 g/mol. The van der Waals surface area contributed by atoms with Crippen molar-refractivity contribution in [2.45, 2.75) is 20.3 Å². The lowest BCUT2D eigenvalue weighted by Crippen LogP contribution is -2.07. The molecule has 0 fully saturated rings. The summed E-state index contributed by atoms with van der Waals surface area (Å²) in [6.45, 7) is 4.05. The molecule has 31 heavy (non-hydrogen) atoms. The summed E-state index contributed by atoms with van der Waals surface area (Å²) in [4.78, 5) is 9.22. The van der Waals surface area contributed by atoms with Gasteiger partial charge in [0.25, 0.3) is 0 Å². The van der Waals surface area contributed by atoms with Gasteiger partial charge in [-0.2, -0.15) is 10.4 Å². The van der Waals surface area contributed by atoms with Gasteiger partial charge in [0.2, 0.25) is 0 Å². The molecule has 6 heteroatoms. The van der Waals surface area contributed by atoms with E-state index in [0.717, 1.165) is 50.9 Å². The van der Waals surface area contributed by atoms with Crippen LogP contribution in [0.3, 0.4) is 0 Å². The first kappa shape index (κ1) is 18.8. The van der Waals surface area contributed by atoms with Crippen molar-refractivity contribution in [3.05, 3.63) is 83.0 Å². The van der Waals surface area contributed by atoms with E-state index in [1.807, 2.05) is 65.9 Å². The van der Waals surface area contributed by atoms with Gasteiger partial charge in [-0.3, -0.25) is 14.8 Å². The first-order valence-corrected chi connectivity index (χ1v) is 10.2. The highest BCUT2D eigenvalue weighted by Crippen LogP contribution is 2.31. The number of imidazole rings is 1. The number of nitriles is 1. The Balaban J connectivity index is 1.69. The topological polar surface area (TPSA) is 78.4 Å². The minimum Gasteiger partial charge on any atom is -0.276 e. The second-order valence-electron chi connectivity index (χ2n) is 7.34. The first-order chi connectivity index (χ1) is 15.2. The maximum atomic E-state index is 9.82. The Morgan fingerprint density at radius 1 is 1.13 bits per heavy atom. The molecule has 0 aliphatic rings. The lowest BCUT2D eigenvalue weighted by atomic mass is 10.0. The molecule has 0 unspecified atom stereocenters. The molecule has 5 rings (SSSR count). The summed E-state index contributed by atoms with van der Waals surface area (Å²) in [6.07, 6.45) is 4.33. The Morgan fingerprint density at radius 3 is 2.81 bits per heavy atom. The predicted octanol–water partition coefficient (Wildman–Crippen LogP) is 5.22. The van der Waals surface area contributed by atoms with Crippen molar-refractivity contribution in [2.24, 2.45) is 5.10 Å². The highest BCUT2D eigenvalue weighted by atomic mass is 15.3. The number of nitrogens with one attached hydrogen (secondary N) is 1. The average molecular weight is 404 g/mol. The number of aromatic nitrogens is 3. The number of para-hydroxylation sites is 3. The van der Waals surface area contributed by atoms with E-state index in [4.69, 9.17) is 4.98 Å². The van der Waals surface area contributed by atoms with Gasteiger partial charge in [-0.15, -0.1) is 0 Å². The highest BCUT2D eigenvalue weighted by Gasteiger charge is 2.19. The fourth-order valence-electron chi connectivity index (χ4n) is 4.13. The van der Waals surface area contributed by atoms with Gasteiger partial charge in [-0.05, 0) is 42.7 Å². The van der Waals surface area contributed by atoms with Crippen molar-refractivity contribution in [2.75, 3.05) is 5.43 Å². The molecule has 0 amide bonds. The third-order valence-electron chi connectivity index (χ3n) is 5.62. The van der Waals surface area contributed by atoms with Crippen LogP contribution in [0, 0.1) is 18.3 Å². The maximum absolute atomic E-state index is 9.82. The van der Waals surface area contributed by atoms with Gasteiger partial charge >= 0.3 is 0 Å². The van der Waals surface area contributed by atoms with Crippen LogP contribution in [-0.2, 0) is 6.42 Å². The third-order valence-corrected chi connectivity index (χ3v) is 5.62. The van der Waals surface area contributed by atoms with E-state index >= 15 is 0 Å². The maximum Gasteiger partial charge on any atom is 0.157 e. The minimum absolute atomic E-state index is 0.598.